The largest absolute Gasteiger partial charge is 0.457 e. The van der Waals surface area contributed by atoms with Crippen LogP contribution in [0, 0.1) is 0 Å². The molecule has 0 unspecified atom stereocenters. The summed E-state index contributed by atoms with van der Waals surface area (Å²) in [6, 6.07) is 27.5. The number of ether oxygens (including phenoxy) is 1. The number of anilines is 2. The van der Waals surface area contributed by atoms with E-state index in [0.29, 0.717) is 17.2 Å². The van der Waals surface area contributed by atoms with Crippen molar-refractivity contribution >= 4 is 28.6 Å². The molecule has 0 bridgehead atoms. The lowest BCUT2D eigenvalue weighted by atomic mass is 10.1. The third kappa shape index (κ3) is 4.31. The number of carbonyl (C=O) groups is 1. The Morgan fingerprint density at radius 2 is 1.68 bits per heavy atom. The molecule has 7 heteroatoms. The number of rotatable bonds is 6. The van der Waals surface area contributed by atoms with Gasteiger partial charge in [-0.2, -0.15) is 0 Å². The van der Waals surface area contributed by atoms with Gasteiger partial charge in [-0.3, -0.25) is 9.78 Å². The van der Waals surface area contributed by atoms with Crippen LogP contribution >= 0.6 is 0 Å². The first-order valence-electron chi connectivity index (χ1n) is 10.9. The number of carbonyl (C=O) groups excluding carboxylic acids is 1. The Morgan fingerprint density at radius 3 is 2.50 bits per heavy atom. The first-order chi connectivity index (χ1) is 16.6. The molecule has 2 N–H and O–H groups in total. The number of fused-ring (bicyclic) bond motifs is 1. The quantitative estimate of drug-likeness (QED) is 0.356. The first-order valence-corrected chi connectivity index (χ1v) is 10.9. The van der Waals surface area contributed by atoms with Crippen molar-refractivity contribution in [3.8, 4) is 22.6 Å². The summed E-state index contributed by atoms with van der Waals surface area (Å²) in [5, 5.41) is 5.99. The molecule has 0 saturated carbocycles. The minimum absolute atomic E-state index is 0.266. The van der Waals surface area contributed by atoms with E-state index in [2.05, 4.69) is 39.9 Å². The molecule has 0 aliphatic carbocycles. The van der Waals surface area contributed by atoms with Crippen LogP contribution in [-0.4, -0.2) is 27.5 Å². The summed E-state index contributed by atoms with van der Waals surface area (Å²) in [5.41, 5.74) is 5.30. The molecule has 5 rings (SSSR count). The maximum atomic E-state index is 11.8. The number of hydrogen-bond donors (Lipinski definition) is 2. The monoisotopic (exact) mass is 449 g/mol. The van der Waals surface area contributed by atoms with Crippen LogP contribution in [-0.2, 0) is 7.05 Å². The Kier molecular flexibility index (Phi) is 5.66. The molecule has 0 aliphatic heterocycles. The minimum atomic E-state index is -0.266. The number of pyridine rings is 1. The molecule has 2 heterocycles. The highest BCUT2D eigenvalue weighted by molar-refractivity contribution is 5.92. The van der Waals surface area contributed by atoms with Crippen molar-refractivity contribution < 1.29 is 9.53 Å². The lowest BCUT2D eigenvalue weighted by molar-refractivity contribution is 0.0958. The van der Waals surface area contributed by atoms with Gasteiger partial charge < -0.3 is 19.9 Å². The fourth-order valence-electron chi connectivity index (χ4n) is 3.75. The molecule has 1 amide bonds. The number of hydrogen-bond acceptors (Lipinski definition) is 5. The molecule has 3 aromatic carbocycles. The van der Waals surface area contributed by atoms with E-state index in [1.165, 1.54) is 0 Å². The van der Waals surface area contributed by atoms with Gasteiger partial charge in [0.2, 0.25) is 5.95 Å². The SMILES string of the molecule is CNC(=O)c1cc(Oc2ccc3c(c2)nc(Nc2cccc(-c4ccccc4)c2)n3C)ccn1. The lowest BCUT2D eigenvalue weighted by Crippen LogP contribution is -2.18. The summed E-state index contributed by atoms with van der Waals surface area (Å²) in [6.07, 6.45) is 1.55. The highest BCUT2D eigenvalue weighted by Gasteiger charge is 2.11. The molecular formula is C27H23N5O2. The Morgan fingerprint density at radius 1 is 0.882 bits per heavy atom. The van der Waals surface area contributed by atoms with Gasteiger partial charge >= 0.3 is 0 Å². The van der Waals surface area contributed by atoms with Crippen molar-refractivity contribution in [3.05, 3.63) is 96.8 Å². The molecule has 168 valence electrons. The van der Waals surface area contributed by atoms with E-state index in [-0.39, 0.29) is 5.91 Å². The van der Waals surface area contributed by atoms with E-state index in [1.807, 2.05) is 60.1 Å². The standard InChI is InChI=1S/C27H23N5O2/c1-28-26(33)24-17-22(13-14-29-24)34-21-11-12-25-23(16-21)31-27(32(25)2)30-20-10-6-9-19(15-20)18-7-4-3-5-8-18/h3-17H,1-2H3,(H,28,33)(H,30,31). The van der Waals surface area contributed by atoms with Crippen molar-refractivity contribution in [2.75, 3.05) is 12.4 Å². The van der Waals surface area contributed by atoms with Crippen molar-refractivity contribution in [1.29, 1.82) is 0 Å². The van der Waals surface area contributed by atoms with Gasteiger partial charge in [0.15, 0.2) is 0 Å². The van der Waals surface area contributed by atoms with Crippen LogP contribution in [0.4, 0.5) is 11.6 Å². The molecule has 7 nitrogen and oxygen atoms in total. The Labute approximate surface area is 197 Å². The summed E-state index contributed by atoms with van der Waals surface area (Å²) in [5.74, 6) is 1.61. The van der Waals surface area contributed by atoms with Crippen molar-refractivity contribution in [3.63, 3.8) is 0 Å². The van der Waals surface area contributed by atoms with Crippen LogP contribution in [0.2, 0.25) is 0 Å². The Balaban J connectivity index is 1.40. The molecule has 2 aromatic heterocycles. The molecule has 0 spiro atoms. The second kappa shape index (κ2) is 9.07. The van der Waals surface area contributed by atoms with Crippen LogP contribution in [0.5, 0.6) is 11.5 Å². The fourth-order valence-corrected chi connectivity index (χ4v) is 3.75. The number of nitrogens with zero attached hydrogens (tertiary/aromatic N) is 3. The average Bonchev–Trinajstić information content (AvgIpc) is 3.18. The van der Waals surface area contributed by atoms with Crippen LogP contribution < -0.4 is 15.4 Å². The van der Waals surface area contributed by atoms with Crippen LogP contribution in [0.3, 0.4) is 0 Å². The average molecular weight is 450 g/mol. The smallest absolute Gasteiger partial charge is 0.269 e. The summed E-state index contributed by atoms with van der Waals surface area (Å²) in [6.45, 7) is 0. The predicted molar refractivity (Wildman–Crippen MR) is 134 cm³/mol. The molecule has 34 heavy (non-hydrogen) atoms. The molecule has 0 aliphatic rings. The number of aromatic nitrogens is 3. The highest BCUT2D eigenvalue weighted by Crippen LogP contribution is 2.29. The first kappa shape index (κ1) is 21.2. The van der Waals surface area contributed by atoms with E-state index in [0.717, 1.165) is 33.8 Å². The predicted octanol–water partition coefficient (Wildman–Crippen LogP) is 5.53. The minimum Gasteiger partial charge on any atom is -0.457 e. The number of benzene rings is 3. The van der Waals surface area contributed by atoms with Gasteiger partial charge in [0.05, 0.1) is 11.0 Å². The zero-order valence-electron chi connectivity index (χ0n) is 18.8. The number of imidazole rings is 1. The van der Waals surface area contributed by atoms with Gasteiger partial charge in [-0.15, -0.1) is 0 Å². The van der Waals surface area contributed by atoms with E-state index in [9.17, 15) is 4.79 Å². The Hall–Kier alpha value is -4.65. The molecule has 0 radical (unpaired) electrons. The maximum Gasteiger partial charge on any atom is 0.269 e. The molecule has 5 aromatic rings. The molecule has 0 atom stereocenters. The van der Waals surface area contributed by atoms with E-state index in [1.54, 1.807) is 25.4 Å². The summed E-state index contributed by atoms with van der Waals surface area (Å²) >= 11 is 0. The molecule has 0 fully saturated rings. The van der Waals surface area contributed by atoms with Crippen LogP contribution in [0.1, 0.15) is 10.5 Å². The Bertz CT molecular complexity index is 1480. The van der Waals surface area contributed by atoms with E-state index in [4.69, 9.17) is 9.72 Å². The van der Waals surface area contributed by atoms with E-state index >= 15 is 0 Å². The van der Waals surface area contributed by atoms with Crippen molar-refractivity contribution in [1.82, 2.24) is 19.9 Å². The van der Waals surface area contributed by atoms with Gasteiger partial charge in [-0.25, -0.2) is 4.98 Å². The number of nitrogens with one attached hydrogen (secondary N) is 2. The van der Waals surface area contributed by atoms with Gasteiger partial charge in [-0.1, -0.05) is 42.5 Å². The number of amides is 1. The van der Waals surface area contributed by atoms with Gasteiger partial charge in [0.1, 0.15) is 17.2 Å². The van der Waals surface area contributed by atoms with Crippen molar-refractivity contribution in [2.24, 2.45) is 7.05 Å². The second-order valence-electron chi connectivity index (χ2n) is 7.77. The molecule has 0 saturated heterocycles. The summed E-state index contributed by atoms with van der Waals surface area (Å²) < 4.78 is 7.97. The topological polar surface area (TPSA) is 81.1 Å². The second-order valence-corrected chi connectivity index (χ2v) is 7.77. The van der Waals surface area contributed by atoms with Gasteiger partial charge in [0, 0.05) is 38.1 Å². The van der Waals surface area contributed by atoms with Crippen molar-refractivity contribution in [2.45, 2.75) is 0 Å². The van der Waals surface area contributed by atoms with Crippen LogP contribution in [0.25, 0.3) is 22.2 Å². The van der Waals surface area contributed by atoms with E-state index < -0.39 is 0 Å². The van der Waals surface area contributed by atoms with Crippen LogP contribution in [0.15, 0.2) is 91.1 Å². The third-order valence-electron chi connectivity index (χ3n) is 5.50. The summed E-state index contributed by atoms with van der Waals surface area (Å²) in [4.78, 5) is 20.7. The summed E-state index contributed by atoms with van der Waals surface area (Å²) in [7, 11) is 3.54. The maximum absolute atomic E-state index is 11.8. The zero-order chi connectivity index (χ0) is 23.5. The highest BCUT2D eigenvalue weighted by atomic mass is 16.5. The fraction of sp³-hybridized carbons (Fsp3) is 0.0741. The van der Waals surface area contributed by atoms with Gasteiger partial charge in [0.25, 0.3) is 5.91 Å². The third-order valence-corrected chi connectivity index (χ3v) is 5.50. The van der Waals surface area contributed by atoms with Gasteiger partial charge in [-0.05, 0) is 41.5 Å². The normalized spacial score (nSPS) is 10.8. The lowest BCUT2D eigenvalue weighted by Gasteiger charge is -2.09. The zero-order valence-corrected chi connectivity index (χ0v) is 18.8. The number of aryl methyl sites for hydroxylation is 1. The molecular weight excluding hydrogens is 426 g/mol.